The number of nitrogens with zero attached hydrogens (tertiary/aromatic N) is 2. The van der Waals surface area contributed by atoms with Crippen molar-refractivity contribution in [2.24, 2.45) is 0 Å². The zero-order valence-corrected chi connectivity index (χ0v) is 14.8. The van der Waals surface area contributed by atoms with Crippen molar-refractivity contribution in [2.45, 2.75) is 0 Å². The lowest BCUT2D eigenvalue weighted by Crippen LogP contribution is -2.51. The molecule has 0 atom stereocenters. The van der Waals surface area contributed by atoms with Crippen LogP contribution in [0.3, 0.4) is 0 Å². The minimum atomic E-state index is 0.102. The summed E-state index contributed by atoms with van der Waals surface area (Å²) in [6.07, 6.45) is 7.48. The summed E-state index contributed by atoms with van der Waals surface area (Å²) in [5.74, 6) is 0. The van der Waals surface area contributed by atoms with Gasteiger partial charge in [0.15, 0.2) is 0 Å². The Morgan fingerprint density at radius 2 is 0.778 bits per heavy atom. The van der Waals surface area contributed by atoms with Gasteiger partial charge in [0, 0.05) is 33.7 Å². The van der Waals surface area contributed by atoms with Crippen LogP contribution in [0.5, 0.6) is 0 Å². The van der Waals surface area contributed by atoms with Gasteiger partial charge in [-0.25, -0.2) is 9.68 Å². The second kappa shape index (κ2) is 8.15. The fourth-order valence-corrected chi connectivity index (χ4v) is 2.79. The first kappa shape index (κ1) is 16.8. The molecule has 0 spiro atoms. The molecule has 0 N–H and O–H groups in total. The fourth-order valence-electron chi connectivity index (χ4n) is 2.79. The summed E-state index contributed by atoms with van der Waals surface area (Å²) < 4.78 is 3.26. The Labute approximate surface area is 158 Å². The highest BCUT2D eigenvalue weighted by Crippen LogP contribution is 2.17. The normalized spacial score (nSPS) is 10.4. The van der Waals surface area contributed by atoms with Gasteiger partial charge in [-0.3, -0.25) is 0 Å². The molecule has 27 heavy (non-hydrogen) atoms. The van der Waals surface area contributed by atoms with E-state index in [1.807, 2.05) is 85.5 Å². The van der Waals surface area contributed by atoms with Crippen LogP contribution in [0.1, 0.15) is 0 Å². The van der Waals surface area contributed by atoms with Crippen molar-refractivity contribution in [3.05, 3.63) is 110 Å². The molecule has 0 aliphatic heterocycles. The monoisotopic (exact) mass is 356 g/mol. The zero-order valence-electron chi connectivity index (χ0n) is 14.8. The highest BCUT2D eigenvalue weighted by atomic mass is 16.8. The van der Waals surface area contributed by atoms with E-state index in [2.05, 4.69) is 24.3 Å². The van der Waals surface area contributed by atoms with E-state index in [9.17, 15) is 0 Å². The van der Waals surface area contributed by atoms with Gasteiger partial charge in [-0.05, 0) is 22.3 Å². The number of hydrogen-bond donors (Lipinski definition) is 0. The first-order valence-corrected chi connectivity index (χ1v) is 8.78. The topological polar surface area (TPSA) is 26.2 Å². The molecule has 0 saturated carbocycles. The van der Waals surface area contributed by atoms with Gasteiger partial charge in [-0.1, -0.05) is 60.7 Å². The summed E-state index contributed by atoms with van der Waals surface area (Å²) in [6.45, 7) is 0.102. The molecular weight excluding hydrogens is 336 g/mol. The second-order valence-corrected chi connectivity index (χ2v) is 6.00. The first-order valence-electron chi connectivity index (χ1n) is 8.78. The SMILES string of the molecule is c1ccc(-c2cc[n+](OCO[n+]3ccc(-c4ccccc4)cc3)cc2)cc1. The van der Waals surface area contributed by atoms with Crippen LogP contribution in [-0.4, -0.2) is 6.79 Å². The Balaban J connectivity index is 1.32. The molecule has 0 bridgehead atoms. The average Bonchev–Trinajstić information content (AvgIpc) is 2.76. The predicted molar refractivity (Wildman–Crippen MR) is 102 cm³/mol. The van der Waals surface area contributed by atoms with Gasteiger partial charge < -0.3 is 0 Å². The first-order chi connectivity index (χ1) is 13.4. The minimum Gasteiger partial charge on any atom is -0.223 e. The highest BCUT2D eigenvalue weighted by molar-refractivity contribution is 5.62. The number of hydrogen-bond acceptors (Lipinski definition) is 2. The summed E-state index contributed by atoms with van der Waals surface area (Å²) in [7, 11) is 0. The van der Waals surface area contributed by atoms with Gasteiger partial charge in [0.05, 0.1) is 0 Å². The van der Waals surface area contributed by atoms with E-state index in [0.29, 0.717) is 0 Å². The standard InChI is InChI=1S/C23H20N2O2/c1-3-7-20(8-4-1)22-11-15-24(16-12-22)26-19-27-25-17-13-23(14-18-25)21-9-5-2-6-10-21/h1-18H,19H2/q+2. The van der Waals surface area contributed by atoms with Crippen molar-refractivity contribution in [1.82, 2.24) is 0 Å². The van der Waals surface area contributed by atoms with Gasteiger partial charge in [-0.2, -0.15) is 0 Å². The van der Waals surface area contributed by atoms with Gasteiger partial charge in [0.2, 0.25) is 24.8 Å². The van der Waals surface area contributed by atoms with E-state index >= 15 is 0 Å². The van der Waals surface area contributed by atoms with Crippen LogP contribution in [0.15, 0.2) is 110 Å². The molecule has 2 heterocycles. The molecule has 4 aromatic rings. The van der Waals surface area contributed by atoms with Crippen LogP contribution < -0.4 is 19.1 Å². The molecule has 4 heteroatoms. The lowest BCUT2D eigenvalue weighted by atomic mass is 10.1. The van der Waals surface area contributed by atoms with Crippen LogP contribution in [-0.2, 0) is 0 Å². The maximum atomic E-state index is 5.59. The molecule has 2 aromatic heterocycles. The van der Waals surface area contributed by atoms with Crippen molar-refractivity contribution in [1.29, 1.82) is 0 Å². The Morgan fingerprint density at radius 3 is 1.15 bits per heavy atom. The van der Waals surface area contributed by atoms with Crippen molar-refractivity contribution >= 4 is 0 Å². The Morgan fingerprint density at radius 1 is 0.444 bits per heavy atom. The summed E-state index contributed by atoms with van der Waals surface area (Å²) in [5.41, 5.74) is 4.63. The molecule has 132 valence electrons. The van der Waals surface area contributed by atoms with Crippen LogP contribution in [0.4, 0.5) is 0 Å². The molecule has 0 amide bonds. The smallest absolute Gasteiger partial charge is 0.223 e. The third-order valence-electron chi connectivity index (χ3n) is 4.22. The molecule has 0 radical (unpaired) electrons. The Bertz CT molecular complexity index is 887. The van der Waals surface area contributed by atoms with E-state index in [1.165, 1.54) is 11.1 Å². The van der Waals surface area contributed by atoms with Crippen LogP contribution in [0, 0.1) is 0 Å². The third-order valence-corrected chi connectivity index (χ3v) is 4.22. The van der Waals surface area contributed by atoms with Gasteiger partial charge >= 0.3 is 6.79 Å². The Hall–Kier alpha value is -3.66. The summed E-state index contributed by atoms with van der Waals surface area (Å²) in [6, 6.07) is 28.5. The molecule has 0 fully saturated rings. The molecule has 0 aliphatic carbocycles. The van der Waals surface area contributed by atoms with Crippen LogP contribution in [0.25, 0.3) is 22.3 Å². The third kappa shape index (κ3) is 4.30. The number of pyridine rings is 2. The maximum Gasteiger partial charge on any atom is 0.364 e. The molecule has 0 aliphatic rings. The summed E-state index contributed by atoms with van der Waals surface area (Å²) in [4.78, 5) is 11.2. The number of aromatic nitrogens is 2. The lowest BCUT2D eigenvalue weighted by molar-refractivity contribution is -0.950. The van der Waals surface area contributed by atoms with E-state index in [0.717, 1.165) is 11.1 Å². The van der Waals surface area contributed by atoms with E-state index < -0.39 is 0 Å². The molecule has 4 nitrogen and oxygen atoms in total. The van der Waals surface area contributed by atoms with Gasteiger partial charge in [-0.15, -0.1) is 0 Å². The van der Waals surface area contributed by atoms with E-state index in [4.69, 9.17) is 9.68 Å². The summed E-state index contributed by atoms with van der Waals surface area (Å²) >= 11 is 0. The lowest BCUT2D eigenvalue weighted by Gasteiger charge is -2.01. The molecule has 4 rings (SSSR count). The molecule has 2 aromatic carbocycles. The maximum absolute atomic E-state index is 5.59. The van der Waals surface area contributed by atoms with Crippen molar-refractivity contribution in [3.63, 3.8) is 0 Å². The quantitative estimate of drug-likeness (QED) is 0.392. The second-order valence-electron chi connectivity index (χ2n) is 6.00. The minimum absolute atomic E-state index is 0.102. The molecular formula is C23H20N2O2+2. The summed E-state index contributed by atoms with van der Waals surface area (Å²) in [5, 5.41) is 0. The largest absolute Gasteiger partial charge is 0.364 e. The number of benzene rings is 2. The predicted octanol–water partition coefficient (Wildman–Crippen LogP) is 3.11. The van der Waals surface area contributed by atoms with Crippen molar-refractivity contribution < 1.29 is 19.1 Å². The zero-order chi connectivity index (χ0) is 18.3. The van der Waals surface area contributed by atoms with Crippen molar-refractivity contribution in [2.75, 3.05) is 6.79 Å². The average molecular weight is 356 g/mol. The van der Waals surface area contributed by atoms with Gasteiger partial charge in [0.1, 0.15) is 0 Å². The van der Waals surface area contributed by atoms with Crippen molar-refractivity contribution in [3.8, 4) is 22.3 Å². The fraction of sp³-hybridized carbons (Fsp3) is 0.0435. The van der Waals surface area contributed by atoms with E-state index in [-0.39, 0.29) is 6.79 Å². The van der Waals surface area contributed by atoms with E-state index in [1.54, 1.807) is 9.46 Å². The molecule has 0 unspecified atom stereocenters. The number of rotatable bonds is 6. The van der Waals surface area contributed by atoms with Gasteiger partial charge in [0.25, 0.3) is 0 Å². The highest BCUT2D eigenvalue weighted by Gasteiger charge is 2.08. The Kier molecular flexibility index (Phi) is 5.07. The van der Waals surface area contributed by atoms with Crippen LogP contribution in [0.2, 0.25) is 0 Å². The van der Waals surface area contributed by atoms with Crippen LogP contribution >= 0.6 is 0 Å². The molecule has 0 saturated heterocycles.